The molecule has 2 nitrogen and oxygen atoms in total. The van der Waals surface area contributed by atoms with E-state index in [1.165, 1.54) is 43.4 Å². The molecule has 0 aliphatic heterocycles. The fraction of sp³-hybridized carbons (Fsp3) is 0.667. The average molecular weight is 309 g/mol. The predicted molar refractivity (Wildman–Crippen MR) is 93.2 cm³/mol. The van der Waals surface area contributed by atoms with Crippen LogP contribution in [0.2, 0.25) is 5.02 Å². The minimum absolute atomic E-state index is 0.175. The maximum absolute atomic E-state index is 6.22. The summed E-state index contributed by atoms with van der Waals surface area (Å²) in [6, 6.07) is 7.03. The monoisotopic (exact) mass is 308 g/mol. The molecule has 2 rings (SSSR count). The van der Waals surface area contributed by atoms with E-state index in [4.69, 9.17) is 17.3 Å². The van der Waals surface area contributed by atoms with Crippen molar-refractivity contribution < 1.29 is 0 Å². The first-order chi connectivity index (χ1) is 10.0. The molecular weight excluding hydrogens is 280 g/mol. The molecule has 1 aliphatic rings. The van der Waals surface area contributed by atoms with Crippen molar-refractivity contribution in [2.75, 3.05) is 11.9 Å². The van der Waals surface area contributed by atoms with Gasteiger partial charge in [0, 0.05) is 29.8 Å². The van der Waals surface area contributed by atoms with Crippen LogP contribution in [0.1, 0.15) is 51.5 Å². The van der Waals surface area contributed by atoms with Crippen LogP contribution in [0.15, 0.2) is 18.2 Å². The fourth-order valence-corrected chi connectivity index (χ4v) is 3.69. The number of nitrogens with two attached hydrogens (primary N) is 1. The first-order valence-corrected chi connectivity index (χ1v) is 8.65. The zero-order valence-corrected chi connectivity index (χ0v) is 14.4. The van der Waals surface area contributed by atoms with Gasteiger partial charge in [0.1, 0.15) is 0 Å². The van der Waals surface area contributed by atoms with E-state index in [0.717, 1.165) is 17.4 Å². The molecule has 3 heteroatoms. The van der Waals surface area contributed by atoms with Gasteiger partial charge >= 0.3 is 0 Å². The zero-order chi connectivity index (χ0) is 15.4. The molecule has 21 heavy (non-hydrogen) atoms. The van der Waals surface area contributed by atoms with Gasteiger partial charge in [0.15, 0.2) is 0 Å². The van der Waals surface area contributed by atoms with Gasteiger partial charge in [-0.25, -0.2) is 0 Å². The lowest BCUT2D eigenvalue weighted by atomic mass is 9.84. The Morgan fingerprint density at radius 3 is 2.52 bits per heavy atom. The van der Waals surface area contributed by atoms with Gasteiger partial charge in [-0.3, -0.25) is 0 Å². The van der Waals surface area contributed by atoms with E-state index in [0.29, 0.717) is 6.04 Å². The summed E-state index contributed by atoms with van der Waals surface area (Å²) in [5.74, 6) is 0.928. The van der Waals surface area contributed by atoms with Crippen LogP contribution in [0.3, 0.4) is 0 Å². The highest BCUT2D eigenvalue weighted by Crippen LogP contribution is 2.33. The summed E-state index contributed by atoms with van der Waals surface area (Å²) in [5, 5.41) is 0.813. The molecule has 0 spiro atoms. The Hall–Kier alpha value is -0.730. The number of rotatable bonds is 5. The smallest absolute Gasteiger partial charge is 0.0426 e. The van der Waals surface area contributed by atoms with E-state index in [2.05, 4.69) is 37.9 Å². The Bertz CT molecular complexity index is 451. The molecule has 0 bridgehead atoms. The second-order valence-corrected chi connectivity index (χ2v) is 7.08. The number of hydrogen-bond acceptors (Lipinski definition) is 2. The Labute approximate surface area is 134 Å². The molecule has 1 fully saturated rings. The van der Waals surface area contributed by atoms with Gasteiger partial charge in [0.25, 0.3) is 0 Å². The third-order valence-electron chi connectivity index (χ3n) is 4.91. The van der Waals surface area contributed by atoms with E-state index in [1.807, 2.05) is 6.07 Å². The lowest BCUT2D eigenvalue weighted by molar-refractivity contribution is 0.313. The maximum Gasteiger partial charge on any atom is 0.0426 e. The van der Waals surface area contributed by atoms with Gasteiger partial charge in [0.05, 0.1) is 0 Å². The summed E-state index contributed by atoms with van der Waals surface area (Å²) >= 11 is 6.22. The summed E-state index contributed by atoms with van der Waals surface area (Å²) in [6.45, 7) is 4.37. The van der Waals surface area contributed by atoms with E-state index < -0.39 is 0 Å². The van der Waals surface area contributed by atoms with Crippen LogP contribution < -0.4 is 10.6 Å². The molecule has 0 amide bonds. The summed E-state index contributed by atoms with van der Waals surface area (Å²) in [5.41, 5.74) is 8.57. The van der Waals surface area contributed by atoms with Gasteiger partial charge < -0.3 is 10.6 Å². The van der Waals surface area contributed by atoms with Crippen LogP contribution in [-0.4, -0.2) is 19.1 Å². The highest BCUT2D eigenvalue weighted by atomic mass is 35.5. The van der Waals surface area contributed by atoms with Crippen molar-refractivity contribution in [1.82, 2.24) is 0 Å². The topological polar surface area (TPSA) is 29.3 Å². The highest BCUT2D eigenvalue weighted by molar-refractivity contribution is 6.30. The van der Waals surface area contributed by atoms with Crippen molar-refractivity contribution in [2.24, 2.45) is 11.7 Å². The molecule has 1 aromatic carbocycles. The molecular formula is C18H29ClN2. The number of hydrogen-bond donors (Lipinski definition) is 1. The SMILES string of the molecule is CCC1CCC(N(C)c2cc(Cl)ccc2CC(C)N)CC1. The molecule has 1 atom stereocenters. The minimum Gasteiger partial charge on any atom is -0.371 e. The zero-order valence-electron chi connectivity index (χ0n) is 13.6. The Balaban J connectivity index is 2.14. The van der Waals surface area contributed by atoms with Crippen molar-refractivity contribution in [1.29, 1.82) is 0 Å². The summed E-state index contributed by atoms with van der Waals surface area (Å²) < 4.78 is 0. The highest BCUT2D eigenvalue weighted by Gasteiger charge is 2.24. The van der Waals surface area contributed by atoms with Crippen LogP contribution in [0.25, 0.3) is 0 Å². The first kappa shape index (κ1) is 16.6. The molecule has 0 saturated heterocycles. The summed E-state index contributed by atoms with van der Waals surface area (Å²) in [4.78, 5) is 2.44. The molecule has 1 saturated carbocycles. The largest absolute Gasteiger partial charge is 0.371 e. The number of nitrogens with zero attached hydrogens (tertiary/aromatic N) is 1. The van der Waals surface area contributed by atoms with E-state index >= 15 is 0 Å². The fourth-order valence-electron chi connectivity index (χ4n) is 3.52. The third-order valence-corrected chi connectivity index (χ3v) is 5.15. The lowest BCUT2D eigenvalue weighted by Gasteiger charge is -2.37. The standard InChI is InChI=1S/C18H29ClN2/c1-4-14-5-9-17(10-6-14)21(3)18-12-16(19)8-7-15(18)11-13(2)20/h7-8,12-14,17H,4-6,9-11,20H2,1-3H3. The van der Waals surface area contributed by atoms with Gasteiger partial charge in [-0.05, 0) is 62.6 Å². The normalized spacial score (nSPS) is 23.9. The Morgan fingerprint density at radius 1 is 1.29 bits per heavy atom. The Kier molecular flexibility index (Phi) is 5.95. The first-order valence-electron chi connectivity index (χ1n) is 8.28. The van der Waals surface area contributed by atoms with Crippen LogP contribution >= 0.6 is 11.6 Å². The summed E-state index contributed by atoms with van der Waals surface area (Å²) in [6.07, 6.45) is 7.52. The molecule has 2 N–H and O–H groups in total. The van der Waals surface area contributed by atoms with E-state index in [-0.39, 0.29) is 6.04 Å². The minimum atomic E-state index is 0.175. The number of halogens is 1. The lowest BCUT2D eigenvalue weighted by Crippen LogP contribution is -2.36. The maximum atomic E-state index is 6.22. The molecule has 0 heterocycles. The number of anilines is 1. The predicted octanol–water partition coefficient (Wildman–Crippen LogP) is 4.63. The molecule has 1 aromatic rings. The van der Waals surface area contributed by atoms with Crippen molar-refractivity contribution >= 4 is 17.3 Å². The average Bonchev–Trinajstić information content (AvgIpc) is 2.48. The molecule has 1 unspecified atom stereocenters. The van der Waals surface area contributed by atoms with Crippen molar-refractivity contribution in [3.05, 3.63) is 28.8 Å². The van der Waals surface area contributed by atoms with Crippen LogP contribution in [0, 0.1) is 5.92 Å². The van der Waals surface area contributed by atoms with Gasteiger partial charge in [-0.15, -0.1) is 0 Å². The van der Waals surface area contributed by atoms with Crippen molar-refractivity contribution in [2.45, 2.75) is 64.5 Å². The summed E-state index contributed by atoms with van der Waals surface area (Å²) in [7, 11) is 2.22. The Morgan fingerprint density at radius 2 is 1.95 bits per heavy atom. The second kappa shape index (κ2) is 7.51. The van der Waals surface area contributed by atoms with Gasteiger partial charge in [0.2, 0.25) is 0 Å². The third kappa shape index (κ3) is 4.37. The molecule has 0 aromatic heterocycles. The van der Waals surface area contributed by atoms with E-state index in [9.17, 15) is 0 Å². The molecule has 118 valence electrons. The van der Waals surface area contributed by atoms with Gasteiger partial charge in [-0.2, -0.15) is 0 Å². The van der Waals surface area contributed by atoms with Crippen molar-refractivity contribution in [3.8, 4) is 0 Å². The van der Waals surface area contributed by atoms with Crippen molar-refractivity contribution in [3.63, 3.8) is 0 Å². The number of benzene rings is 1. The quantitative estimate of drug-likeness (QED) is 0.859. The van der Waals surface area contributed by atoms with E-state index in [1.54, 1.807) is 0 Å². The van der Waals surface area contributed by atoms with Crippen LogP contribution in [-0.2, 0) is 6.42 Å². The van der Waals surface area contributed by atoms with Crippen LogP contribution in [0.4, 0.5) is 5.69 Å². The molecule has 1 aliphatic carbocycles. The van der Waals surface area contributed by atoms with Crippen LogP contribution in [0.5, 0.6) is 0 Å². The molecule has 0 radical (unpaired) electrons. The second-order valence-electron chi connectivity index (χ2n) is 6.65. The van der Waals surface area contributed by atoms with Gasteiger partial charge in [-0.1, -0.05) is 31.0 Å².